The molecule has 0 bridgehead atoms. The van der Waals surface area contributed by atoms with E-state index in [2.05, 4.69) is 5.32 Å². The van der Waals surface area contributed by atoms with Crippen molar-refractivity contribution in [2.24, 2.45) is 5.73 Å². The van der Waals surface area contributed by atoms with Crippen molar-refractivity contribution in [1.82, 2.24) is 10.2 Å². The number of nitrogens with zero attached hydrogens (tertiary/aromatic N) is 1. The second-order valence-electron chi connectivity index (χ2n) is 4.16. The molecular weight excluding hydrogens is 210 g/mol. The van der Waals surface area contributed by atoms with Gasteiger partial charge in [-0.1, -0.05) is 0 Å². The summed E-state index contributed by atoms with van der Waals surface area (Å²) in [4.78, 5) is 24.4. The van der Waals surface area contributed by atoms with Crippen LogP contribution < -0.4 is 11.1 Å². The summed E-state index contributed by atoms with van der Waals surface area (Å²) >= 11 is 0. The Hall–Kier alpha value is -1.14. The normalized spacial score (nSPS) is 16.7. The van der Waals surface area contributed by atoms with Gasteiger partial charge in [-0.25, -0.2) is 0 Å². The molecular formula is C10H19N3O3. The van der Waals surface area contributed by atoms with Crippen LogP contribution in [0.3, 0.4) is 0 Å². The van der Waals surface area contributed by atoms with Crippen LogP contribution in [0.2, 0.25) is 0 Å². The quantitative estimate of drug-likeness (QED) is 0.554. The van der Waals surface area contributed by atoms with Crippen molar-refractivity contribution in [1.29, 1.82) is 0 Å². The second-order valence-corrected chi connectivity index (χ2v) is 4.16. The third-order valence-electron chi connectivity index (χ3n) is 2.57. The average molecular weight is 229 g/mol. The minimum Gasteiger partial charge on any atom is -0.383 e. The van der Waals surface area contributed by atoms with Crippen molar-refractivity contribution in [3.05, 3.63) is 0 Å². The molecule has 0 radical (unpaired) electrons. The zero-order chi connectivity index (χ0) is 12.2. The van der Waals surface area contributed by atoms with Crippen molar-refractivity contribution in [3.8, 4) is 0 Å². The summed E-state index contributed by atoms with van der Waals surface area (Å²) in [6.45, 7) is 0.955. The number of ether oxygens (including phenoxy) is 1. The van der Waals surface area contributed by atoms with Crippen LogP contribution in [0.15, 0.2) is 0 Å². The van der Waals surface area contributed by atoms with E-state index in [0.29, 0.717) is 26.0 Å². The Bertz CT molecular complexity index is 276. The maximum atomic E-state index is 11.7. The van der Waals surface area contributed by atoms with Gasteiger partial charge < -0.3 is 20.7 Å². The summed E-state index contributed by atoms with van der Waals surface area (Å²) in [5, 5.41) is 2.64. The van der Waals surface area contributed by atoms with Gasteiger partial charge in [0.2, 0.25) is 11.8 Å². The summed E-state index contributed by atoms with van der Waals surface area (Å²) in [7, 11) is 3.15. The zero-order valence-electron chi connectivity index (χ0n) is 9.78. The Balaban J connectivity index is 2.25. The van der Waals surface area contributed by atoms with E-state index in [0.717, 1.165) is 0 Å². The van der Waals surface area contributed by atoms with Gasteiger partial charge in [0.15, 0.2) is 0 Å². The average Bonchev–Trinajstić information content (AvgIpc) is 2.97. The van der Waals surface area contributed by atoms with E-state index in [4.69, 9.17) is 10.5 Å². The van der Waals surface area contributed by atoms with E-state index in [9.17, 15) is 9.59 Å². The zero-order valence-corrected chi connectivity index (χ0v) is 9.78. The third kappa shape index (κ3) is 3.46. The highest BCUT2D eigenvalue weighted by atomic mass is 16.5. The summed E-state index contributed by atoms with van der Waals surface area (Å²) in [6.07, 6.45) is 1.42. The van der Waals surface area contributed by atoms with Crippen LogP contribution in [-0.4, -0.2) is 56.1 Å². The molecule has 0 aromatic heterocycles. The van der Waals surface area contributed by atoms with Gasteiger partial charge in [-0.3, -0.25) is 9.59 Å². The molecule has 1 fully saturated rings. The standard InChI is InChI=1S/C10H19N3O3/c1-13(9(15)10(11)3-4-10)7-8(14)12-5-6-16-2/h3-7,11H2,1-2H3,(H,12,14). The van der Waals surface area contributed by atoms with Crippen molar-refractivity contribution in [3.63, 3.8) is 0 Å². The predicted octanol–water partition coefficient (Wildman–Crippen LogP) is -1.30. The first-order chi connectivity index (χ1) is 7.49. The first-order valence-corrected chi connectivity index (χ1v) is 5.30. The topological polar surface area (TPSA) is 84.7 Å². The van der Waals surface area contributed by atoms with Crippen LogP contribution in [0, 0.1) is 0 Å². The lowest BCUT2D eigenvalue weighted by atomic mass is 10.2. The van der Waals surface area contributed by atoms with Gasteiger partial charge in [-0.05, 0) is 12.8 Å². The van der Waals surface area contributed by atoms with Crippen molar-refractivity contribution in [2.75, 3.05) is 33.9 Å². The lowest BCUT2D eigenvalue weighted by molar-refractivity contribution is -0.136. The predicted molar refractivity (Wildman–Crippen MR) is 58.7 cm³/mol. The molecule has 2 amide bonds. The van der Waals surface area contributed by atoms with Crippen LogP contribution in [0.25, 0.3) is 0 Å². The van der Waals surface area contributed by atoms with E-state index < -0.39 is 5.54 Å². The molecule has 6 heteroatoms. The molecule has 1 aliphatic carbocycles. The Morgan fingerprint density at radius 1 is 1.50 bits per heavy atom. The van der Waals surface area contributed by atoms with Crippen LogP contribution in [0.1, 0.15) is 12.8 Å². The van der Waals surface area contributed by atoms with E-state index >= 15 is 0 Å². The van der Waals surface area contributed by atoms with Gasteiger partial charge in [0, 0.05) is 20.7 Å². The summed E-state index contributed by atoms with van der Waals surface area (Å²) in [6, 6.07) is 0. The molecule has 6 nitrogen and oxygen atoms in total. The Labute approximate surface area is 95.1 Å². The van der Waals surface area contributed by atoms with Gasteiger partial charge in [0.1, 0.15) is 0 Å². The molecule has 0 atom stereocenters. The maximum absolute atomic E-state index is 11.7. The lowest BCUT2D eigenvalue weighted by Crippen LogP contribution is -2.47. The molecule has 16 heavy (non-hydrogen) atoms. The molecule has 92 valence electrons. The number of methoxy groups -OCH3 is 1. The number of likely N-dealkylation sites (N-methyl/N-ethyl adjacent to an activating group) is 1. The van der Waals surface area contributed by atoms with Crippen molar-refractivity contribution in [2.45, 2.75) is 18.4 Å². The molecule has 0 spiro atoms. The van der Waals surface area contributed by atoms with Gasteiger partial charge in [0.25, 0.3) is 0 Å². The smallest absolute Gasteiger partial charge is 0.242 e. The first kappa shape index (κ1) is 12.9. The van der Waals surface area contributed by atoms with Crippen LogP contribution in [0.5, 0.6) is 0 Å². The Kier molecular flexibility index (Phi) is 4.26. The van der Waals surface area contributed by atoms with Gasteiger partial charge in [-0.15, -0.1) is 0 Å². The van der Waals surface area contributed by atoms with Gasteiger partial charge >= 0.3 is 0 Å². The van der Waals surface area contributed by atoms with E-state index in [-0.39, 0.29) is 18.4 Å². The van der Waals surface area contributed by atoms with Crippen LogP contribution in [-0.2, 0) is 14.3 Å². The van der Waals surface area contributed by atoms with Crippen LogP contribution in [0.4, 0.5) is 0 Å². The number of hydrogen-bond donors (Lipinski definition) is 2. The number of amides is 2. The minimum atomic E-state index is -0.707. The second kappa shape index (κ2) is 5.27. The van der Waals surface area contributed by atoms with Gasteiger partial charge in [-0.2, -0.15) is 0 Å². The van der Waals surface area contributed by atoms with Crippen molar-refractivity contribution >= 4 is 11.8 Å². The molecule has 1 aliphatic rings. The first-order valence-electron chi connectivity index (χ1n) is 5.30. The minimum absolute atomic E-state index is 0.0432. The molecule has 0 heterocycles. The SMILES string of the molecule is COCCNC(=O)CN(C)C(=O)C1(N)CC1. The Morgan fingerprint density at radius 2 is 2.12 bits per heavy atom. The lowest BCUT2D eigenvalue weighted by Gasteiger charge is -2.20. The van der Waals surface area contributed by atoms with E-state index in [1.165, 1.54) is 4.90 Å². The highest BCUT2D eigenvalue weighted by Crippen LogP contribution is 2.33. The molecule has 1 saturated carbocycles. The van der Waals surface area contributed by atoms with Crippen LogP contribution >= 0.6 is 0 Å². The largest absolute Gasteiger partial charge is 0.383 e. The number of hydrogen-bond acceptors (Lipinski definition) is 4. The summed E-state index contributed by atoms with van der Waals surface area (Å²) in [5.41, 5.74) is 5.04. The third-order valence-corrected chi connectivity index (χ3v) is 2.57. The highest BCUT2D eigenvalue weighted by Gasteiger charge is 2.47. The number of rotatable bonds is 6. The fourth-order valence-corrected chi connectivity index (χ4v) is 1.36. The number of carbonyl (C=O) groups is 2. The van der Waals surface area contributed by atoms with E-state index in [1.807, 2.05) is 0 Å². The summed E-state index contributed by atoms with van der Waals surface area (Å²) in [5.74, 6) is -0.355. The molecule has 0 aromatic rings. The molecule has 3 N–H and O–H groups in total. The fourth-order valence-electron chi connectivity index (χ4n) is 1.36. The van der Waals surface area contributed by atoms with Crippen molar-refractivity contribution < 1.29 is 14.3 Å². The molecule has 0 aromatic carbocycles. The maximum Gasteiger partial charge on any atom is 0.242 e. The number of carbonyl (C=O) groups excluding carboxylic acids is 2. The highest BCUT2D eigenvalue weighted by molar-refractivity contribution is 5.92. The van der Waals surface area contributed by atoms with Gasteiger partial charge in [0.05, 0.1) is 18.7 Å². The fraction of sp³-hybridized carbons (Fsp3) is 0.800. The number of nitrogens with one attached hydrogen (secondary N) is 1. The molecule has 0 unspecified atom stereocenters. The number of nitrogens with two attached hydrogens (primary N) is 1. The monoisotopic (exact) mass is 229 g/mol. The molecule has 0 aliphatic heterocycles. The molecule has 1 rings (SSSR count). The summed E-state index contributed by atoms with van der Waals surface area (Å²) < 4.78 is 4.79. The molecule has 0 saturated heterocycles. The Morgan fingerprint density at radius 3 is 2.62 bits per heavy atom. The van der Waals surface area contributed by atoms with E-state index in [1.54, 1.807) is 14.2 Å².